The van der Waals surface area contributed by atoms with Crippen LogP contribution in [0.4, 0.5) is 9.18 Å². The van der Waals surface area contributed by atoms with Crippen LogP contribution in [-0.4, -0.2) is 33.8 Å². The number of carboxylic acid groups (broad SMARTS) is 1. The van der Waals surface area contributed by atoms with Gasteiger partial charge in [0.1, 0.15) is 11.9 Å². The lowest BCUT2D eigenvalue weighted by atomic mass is 10.2. The Hall–Kier alpha value is -2.97. The highest BCUT2D eigenvalue weighted by molar-refractivity contribution is 5.75. The van der Waals surface area contributed by atoms with Crippen LogP contribution in [0.25, 0.3) is 11.4 Å². The number of aromatic nitrogens is 2. The van der Waals surface area contributed by atoms with Crippen molar-refractivity contribution >= 4 is 12.0 Å². The van der Waals surface area contributed by atoms with Crippen molar-refractivity contribution in [3.8, 4) is 11.4 Å². The van der Waals surface area contributed by atoms with Crippen molar-refractivity contribution < 1.29 is 23.6 Å². The second-order valence-corrected chi connectivity index (χ2v) is 4.73. The first kappa shape index (κ1) is 16.4. The van der Waals surface area contributed by atoms with Gasteiger partial charge in [0.2, 0.25) is 11.7 Å². The number of amides is 2. The van der Waals surface area contributed by atoms with Crippen LogP contribution in [0.3, 0.4) is 0 Å². The molecule has 1 atom stereocenters. The molecule has 0 saturated heterocycles. The van der Waals surface area contributed by atoms with E-state index in [1.165, 1.54) is 18.2 Å². The molecular formula is C14H15FN4O4. The molecule has 2 aromatic rings. The summed E-state index contributed by atoms with van der Waals surface area (Å²) < 4.78 is 18.2. The molecule has 9 heteroatoms. The Morgan fingerprint density at radius 1 is 1.43 bits per heavy atom. The SMILES string of the molecule is CC(NC(=O)NCCC(=O)O)c1nc(-c2cccc(F)c2)no1. The Kier molecular flexibility index (Phi) is 5.23. The van der Waals surface area contributed by atoms with Gasteiger partial charge in [0, 0.05) is 12.1 Å². The molecule has 1 heterocycles. The molecule has 1 aromatic carbocycles. The molecule has 1 aromatic heterocycles. The summed E-state index contributed by atoms with van der Waals surface area (Å²) in [6, 6.07) is 4.59. The second kappa shape index (κ2) is 7.34. The zero-order valence-electron chi connectivity index (χ0n) is 12.2. The first-order valence-corrected chi connectivity index (χ1v) is 6.81. The number of benzene rings is 1. The van der Waals surface area contributed by atoms with Crippen molar-refractivity contribution in [2.45, 2.75) is 19.4 Å². The average Bonchev–Trinajstić information content (AvgIpc) is 2.96. The van der Waals surface area contributed by atoms with Crippen LogP contribution < -0.4 is 10.6 Å². The average molecular weight is 322 g/mol. The number of carbonyl (C=O) groups excluding carboxylic acids is 1. The van der Waals surface area contributed by atoms with Gasteiger partial charge in [-0.15, -0.1) is 0 Å². The van der Waals surface area contributed by atoms with Gasteiger partial charge in [0.25, 0.3) is 0 Å². The van der Waals surface area contributed by atoms with Gasteiger partial charge in [-0.3, -0.25) is 4.79 Å². The zero-order valence-corrected chi connectivity index (χ0v) is 12.2. The van der Waals surface area contributed by atoms with Crippen LogP contribution in [-0.2, 0) is 4.79 Å². The Morgan fingerprint density at radius 2 is 2.22 bits per heavy atom. The van der Waals surface area contributed by atoms with E-state index in [0.717, 1.165) is 0 Å². The molecule has 0 bridgehead atoms. The van der Waals surface area contributed by atoms with Crippen LogP contribution in [0.1, 0.15) is 25.3 Å². The van der Waals surface area contributed by atoms with Gasteiger partial charge in [0.05, 0.1) is 6.42 Å². The van der Waals surface area contributed by atoms with Gasteiger partial charge in [0.15, 0.2) is 0 Å². The van der Waals surface area contributed by atoms with Crippen LogP contribution in [0.5, 0.6) is 0 Å². The van der Waals surface area contributed by atoms with E-state index in [-0.39, 0.29) is 24.7 Å². The standard InChI is InChI=1S/C14H15FN4O4/c1-8(17-14(22)16-6-5-11(20)21)13-18-12(19-23-13)9-3-2-4-10(15)7-9/h2-4,7-8H,5-6H2,1H3,(H,20,21)(H2,16,17,22). The maximum Gasteiger partial charge on any atom is 0.315 e. The molecule has 2 amide bonds. The van der Waals surface area contributed by atoms with Gasteiger partial charge < -0.3 is 20.3 Å². The van der Waals surface area contributed by atoms with Gasteiger partial charge >= 0.3 is 12.0 Å². The monoisotopic (exact) mass is 322 g/mol. The summed E-state index contributed by atoms with van der Waals surface area (Å²) in [5.41, 5.74) is 0.457. The van der Waals surface area contributed by atoms with E-state index < -0.39 is 23.9 Å². The van der Waals surface area contributed by atoms with E-state index in [1.807, 2.05) is 0 Å². The highest BCUT2D eigenvalue weighted by atomic mass is 19.1. The van der Waals surface area contributed by atoms with Crippen molar-refractivity contribution in [1.82, 2.24) is 20.8 Å². The Morgan fingerprint density at radius 3 is 2.91 bits per heavy atom. The molecule has 1 unspecified atom stereocenters. The second-order valence-electron chi connectivity index (χ2n) is 4.73. The molecule has 0 fully saturated rings. The number of carboxylic acids is 1. The minimum absolute atomic E-state index is 0.00621. The molecule has 0 spiro atoms. The highest BCUT2D eigenvalue weighted by Crippen LogP contribution is 2.19. The van der Waals surface area contributed by atoms with Crippen LogP contribution in [0.15, 0.2) is 28.8 Å². The van der Waals surface area contributed by atoms with Crippen LogP contribution in [0, 0.1) is 5.82 Å². The Balaban J connectivity index is 1.94. The van der Waals surface area contributed by atoms with Crippen molar-refractivity contribution in [3.63, 3.8) is 0 Å². The molecule has 2 rings (SSSR count). The Labute approximate surface area is 130 Å². The first-order chi connectivity index (χ1) is 11.0. The van der Waals surface area contributed by atoms with Crippen molar-refractivity contribution in [1.29, 1.82) is 0 Å². The van der Waals surface area contributed by atoms with Gasteiger partial charge in [-0.05, 0) is 19.1 Å². The molecule has 0 aliphatic rings. The maximum absolute atomic E-state index is 13.2. The fourth-order valence-electron chi connectivity index (χ4n) is 1.75. The van der Waals surface area contributed by atoms with E-state index in [9.17, 15) is 14.0 Å². The number of hydrogen-bond acceptors (Lipinski definition) is 5. The summed E-state index contributed by atoms with van der Waals surface area (Å²) in [6.45, 7) is 1.63. The van der Waals surface area contributed by atoms with Gasteiger partial charge in [-0.25, -0.2) is 9.18 Å². The molecule has 3 N–H and O–H groups in total. The molecule has 0 aliphatic heterocycles. The quantitative estimate of drug-likeness (QED) is 0.745. The molecular weight excluding hydrogens is 307 g/mol. The molecule has 0 radical (unpaired) electrons. The number of halogens is 1. The molecule has 8 nitrogen and oxygen atoms in total. The summed E-state index contributed by atoms with van der Waals surface area (Å²) >= 11 is 0. The van der Waals surface area contributed by atoms with E-state index >= 15 is 0 Å². The molecule has 0 saturated carbocycles. The van der Waals surface area contributed by atoms with E-state index in [2.05, 4.69) is 20.8 Å². The van der Waals surface area contributed by atoms with E-state index in [4.69, 9.17) is 9.63 Å². The Bertz CT molecular complexity index is 704. The van der Waals surface area contributed by atoms with Crippen LogP contribution in [0.2, 0.25) is 0 Å². The van der Waals surface area contributed by atoms with Crippen molar-refractivity contribution in [2.24, 2.45) is 0 Å². The number of hydrogen-bond donors (Lipinski definition) is 3. The number of rotatable bonds is 6. The van der Waals surface area contributed by atoms with E-state index in [0.29, 0.717) is 5.56 Å². The number of aliphatic carboxylic acids is 1. The summed E-state index contributed by atoms with van der Waals surface area (Å²) in [6.07, 6.45) is -0.175. The van der Waals surface area contributed by atoms with Crippen LogP contribution >= 0.6 is 0 Å². The number of carbonyl (C=O) groups is 2. The summed E-state index contributed by atoms with van der Waals surface area (Å²) in [4.78, 5) is 26.0. The van der Waals surface area contributed by atoms with Crippen molar-refractivity contribution in [3.05, 3.63) is 36.0 Å². The minimum Gasteiger partial charge on any atom is -0.481 e. The summed E-state index contributed by atoms with van der Waals surface area (Å²) in [5, 5.41) is 17.1. The lowest BCUT2D eigenvalue weighted by Crippen LogP contribution is -2.38. The summed E-state index contributed by atoms with van der Waals surface area (Å²) in [5.74, 6) is -1.06. The molecule has 0 aliphatic carbocycles. The predicted octanol–water partition coefficient (Wildman–Crippen LogP) is 1.71. The van der Waals surface area contributed by atoms with Gasteiger partial charge in [-0.1, -0.05) is 17.3 Å². The lowest BCUT2D eigenvalue weighted by Gasteiger charge is -2.10. The molecule has 122 valence electrons. The maximum atomic E-state index is 13.2. The first-order valence-electron chi connectivity index (χ1n) is 6.81. The third-order valence-corrected chi connectivity index (χ3v) is 2.87. The largest absolute Gasteiger partial charge is 0.481 e. The third kappa shape index (κ3) is 4.77. The third-order valence-electron chi connectivity index (χ3n) is 2.87. The fraction of sp³-hybridized carbons (Fsp3) is 0.286. The lowest BCUT2D eigenvalue weighted by molar-refractivity contribution is -0.136. The highest BCUT2D eigenvalue weighted by Gasteiger charge is 2.17. The van der Waals surface area contributed by atoms with Gasteiger partial charge in [-0.2, -0.15) is 4.98 Å². The molecule has 23 heavy (non-hydrogen) atoms. The minimum atomic E-state index is -1.00. The topological polar surface area (TPSA) is 117 Å². The summed E-state index contributed by atoms with van der Waals surface area (Å²) in [7, 11) is 0. The predicted molar refractivity (Wildman–Crippen MR) is 76.9 cm³/mol. The number of urea groups is 1. The number of nitrogens with zero attached hydrogens (tertiary/aromatic N) is 2. The zero-order chi connectivity index (χ0) is 16.8. The number of nitrogens with one attached hydrogen (secondary N) is 2. The van der Waals surface area contributed by atoms with Crippen molar-refractivity contribution in [2.75, 3.05) is 6.54 Å². The fourth-order valence-corrected chi connectivity index (χ4v) is 1.75. The smallest absolute Gasteiger partial charge is 0.315 e. The normalized spacial score (nSPS) is 11.7. The van der Waals surface area contributed by atoms with E-state index in [1.54, 1.807) is 13.0 Å².